The van der Waals surface area contributed by atoms with Gasteiger partial charge in [0.2, 0.25) is 5.78 Å². The second-order valence-electron chi connectivity index (χ2n) is 4.56. The first-order valence-electron chi connectivity index (χ1n) is 6.93. The first-order valence-corrected chi connectivity index (χ1v) is 6.93. The van der Waals surface area contributed by atoms with Gasteiger partial charge in [0, 0.05) is 12.0 Å². The summed E-state index contributed by atoms with van der Waals surface area (Å²) in [6.07, 6.45) is 7.84. The van der Waals surface area contributed by atoms with Gasteiger partial charge in [0.15, 0.2) is 0 Å². The smallest absolute Gasteiger partial charge is 0.205 e. The third-order valence-corrected chi connectivity index (χ3v) is 2.88. The zero-order valence-electron chi connectivity index (χ0n) is 11.2. The summed E-state index contributed by atoms with van der Waals surface area (Å²) < 4.78 is 0. The van der Waals surface area contributed by atoms with E-state index in [9.17, 15) is 4.79 Å². The molecule has 96 valence electrons. The second kappa shape index (κ2) is 9.48. The van der Waals surface area contributed by atoms with Crippen LogP contribution in [0.25, 0.3) is 0 Å². The Hall–Kier alpha value is -1.55. The summed E-state index contributed by atoms with van der Waals surface area (Å²) in [7, 11) is 0. The van der Waals surface area contributed by atoms with Crippen molar-refractivity contribution in [1.29, 1.82) is 0 Å². The molecule has 0 bridgehead atoms. The van der Waals surface area contributed by atoms with Crippen molar-refractivity contribution in [3.05, 3.63) is 35.9 Å². The first kappa shape index (κ1) is 14.5. The van der Waals surface area contributed by atoms with Gasteiger partial charge in [-0.1, -0.05) is 63.1 Å². The fraction of sp³-hybridized carbons (Fsp3) is 0.471. The highest BCUT2D eigenvalue weighted by molar-refractivity contribution is 5.95. The molecule has 0 N–H and O–H groups in total. The number of carbonyl (C=O) groups is 1. The molecule has 0 unspecified atom stereocenters. The quantitative estimate of drug-likeness (QED) is 0.513. The number of rotatable bonds is 7. The Labute approximate surface area is 111 Å². The molecule has 1 heteroatoms. The van der Waals surface area contributed by atoms with Crippen molar-refractivity contribution in [1.82, 2.24) is 0 Å². The predicted molar refractivity (Wildman–Crippen MR) is 76.3 cm³/mol. The largest absolute Gasteiger partial charge is 0.285 e. The predicted octanol–water partition coefficient (Wildman–Crippen LogP) is 4.36. The molecule has 0 amide bonds. The highest BCUT2D eigenvalue weighted by atomic mass is 16.1. The summed E-state index contributed by atoms with van der Waals surface area (Å²) >= 11 is 0. The minimum atomic E-state index is 0.0642. The lowest BCUT2D eigenvalue weighted by molar-refractivity contribution is -0.113. The highest BCUT2D eigenvalue weighted by Crippen LogP contribution is 2.07. The fourth-order valence-electron chi connectivity index (χ4n) is 1.79. The third kappa shape index (κ3) is 6.91. The van der Waals surface area contributed by atoms with Gasteiger partial charge in [-0.2, -0.15) is 0 Å². The molecule has 0 spiro atoms. The minimum Gasteiger partial charge on any atom is -0.285 e. The van der Waals surface area contributed by atoms with Crippen molar-refractivity contribution >= 4 is 5.78 Å². The topological polar surface area (TPSA) is 17.1 Å². The van der Waals surface area contributed by atoms with Gasteiger partial charge in [0.1, 0.15) is 0 Å². The van der Waals surface area contributed by atoms with Crippen LogP contribution in [-0.4, -0.2) is 5.78 Å². The Morgan fingerprint density at radius 2 is 1.67 bits per heavy atom. The third-order valence-electron chi connectivity index (χ3n) is 2.88. The maximum absolute atomic E-state index is 11.5. The van der Waals surface area contributed by atoms with E-state index >= 15 is 0 Å². The van der Waals surface area contributed by atoms with Crippen LogP contribution >= 0.6 is 0 Å². The summed E-state index contributed by atoms with van der Waals surface area (Å²) in [5.74, 6) is 5.68. The summed E-state index contributed by atoms with van der Waals surface area (Å²) in [5.41, 5.74) is 0.911. The van der Waals surface area contributed by atoms with Gasteiger partial charge < -0.3 is 0 Å². The number of ketones is 1. The number of hydrogen-bond acceptors (Lipinski definition) is 1. The fourth-order valence-corrected chi connectivity index (χ4v) is 1.79. The number of Topliss-reactive ketones (excluding diaryl/α,β-unsaturated/α-hetero) is 1. The van der Waals surface area contributed by atoms with E-state index in [2.05, 4.69) is 18.8 Å². The Morgan fingerprint density at radius 1 is 1.00 bits per heavy atom. The van der Waals surface area contributed by atoms with Crippen molar-refractivity contribution in [2.45, 2.75) is 51.9 Å². The van der Waals surface area contributed by atoms with E-state index in [1.807, 2.05) is 30.3 Å². The van der Waals surface area contributed by atoms with Gasteiger partial charge in [-0.3, -0.25) is 4.79 Å². The number of unbranched alkanes of at least 4 members (excludes halogenated alkanes) is 5. The summed E-state index contributed by atoms with van der Waals surface area (Å²) in [5, 5.41) is 0. The molecular formula is C17H22O. The van der Waals surface area contributed by atoms with E-state index in [0.29, 0.717) is 6.42 Å². The van der Waals surface area contributed by atoms with Crippen molar-refractivity contribution in [2.75, 3.05) is 0 Å². The van der Waals surface area contributed by atoms with Crippen LogP contribution in [0.2, 0.25) is 0 Å². The van der Waals surface area contributed by atoms with Gasteiger partial charge in [-0.05, 0) is 24.5 Å². The van der Waals surface area contributed by atoms with Crippen LogP contribution in [0.4, 0.5) is 0 Å². The molecule has 1 nitrogen and oxygen atoms in total. The Kier molecular flexibility index (Phi) is 7.64. The van der Waals surface area contributed by atoms with Gasteiger partial charge in [-0.15, -0.1) is 0 Å². The number of benzene rings is 1. The van der Waals surface area contributed by atoms with Gasteiger partial charge in [0.05, 0.1) is 0 Å². The standard InChI is InChI=1S/C17H22O/c1-2-3-4-5-6-10-13-17(18)15-14-16-11-8-7-9-12-16/h7-9,11-12H,2-6,10,13H2,1H3. The lowest BCUT2D eigenvalue weighted by Gasteiger charge is -1.97. The average Bonchev–Trinajstić information content (AvgIpc) is 2.41. The van der Waals surface area contributed by atoms with E-state index < -0.39 is 0 Å². The number of hydrogen-bond donors (Lipinski definition) is 0. The van der Waals surface area contributed by atoms with Crippen LogP contribution in [0.3, 0.4) is 0 Å². The molecule has 0 atom stereocenters. The Balaban J connectivity index is 2.16. The van der Waals surface area contributed by atoms with E-state index in [0.717, 1.165) is 18.4 Å². The molecule has 0 aliphatic rings. The van der Waals surface area contributed by atoms with Crippen molar-refractivity contribution in [3.8, 4) is 11.8 Å². The lowest BCUT2D eigenvalue weighted by atomic mass is 10.1. The summed E-state index contributed by atoms with van der Waals surface area (Å²) in [4.78, 5) is 11.5. The molecule has 0 radical (unpaired) electrons. The SMILES string of the molecule is CCCCCCCCC(=O)C#Cc1ccccc1. The molecule has 18 heavy (non-hydrogen) atoms. The van der Waals surface area contributed by atoms with E-state index in [4.69, 9.17) is 0 Å². The maximum atomic E-state index is 11.5. The summed E-state index contributed by atoms with van der Waals surface area (Å²) in [6, 6.07) is 9.66. The average molecular weight is 242 g/mol. The monoisotopic (exact) mass is 242 g/mol. The van der Waals surface area contributed by atoms with Crippen LogP contribution in [0, 0.1) is 11.8 Å². The van der Waals surface area contributed by atoms with E-state index in [1.54, 1.807) is 0 Å². The van der Waals surface area contributed by atoms with Gasteiger partial charge in [-0.25, -0.2) is 0 Å². The van der Waals surface area contributed by atoms with Crippen LogP contribution in [0.1, 0.15) is 57.4 Å². The molecule has 0 saturated heterocycles. The molecule has 0 heterocycles. The zero-order valence-corrected chi connectivity index (χ0v) is 11.2. The molecule has 0 aliphatic carbocycles. The first-order chi connectivity index (χ1) is 8.83. The lowest BCUT2D eigenvalue weighted by Crippen LogP contribution is -1.93. The van der Waals surface area contributed by atoms with Crippen LogP contribution in [-0.2, 0) is 4.79 Å². The molecule has 1 aromatic carbocycles. The molecule has 0 aromatic heterocycles. The Morgan fingerprint density at radius 3 is 2.39 bits per heavy atom. The van der Waals surface area contributed by atoms with Gasteiger partial charge in [0.25, 0.3) is 0 Å². The van der Waals surface area contributed by atoms with Crippen LogP contribution in [0.15, 0.2) is 30.3 Å². The zero-order chi connectivity index (χ0) is 13.1. The van der Waals surface area contributed by atoms with Crippen molar-refractivity contribution < 1.29 is 4.79 Å². The maximum Gasteiger partial charge on any atom is 0.205 e. The van der Waals surface area contributed by atoms with E-state index in [1.165, 1.54) is 25.7 Å². The molecule has 1 rings (SSSR count). The normalized spacial score (nSPS) is 9.61. The second-order valence-corrected chi connectivity index (χ2v) is 4.56. The van der Waals surface area contributed by atoms with Crippen LogP contribution in [0.5, 0.6) is 0 Å². The summed E-state index contributed by atoms with van der Waals surface area (Å²) in [6.45, 7) is 2.21. The van der Waals surface area contributed by atoms with E-state index in [-0.39, 0.29) is 5.78 Å². The van der Waals surface area contributed by atoms with Crippen molar-refractivity contribution in [2.24, 2.45) is 0 Å². The molecule has 0 aliphatic heterocycles. The van der Waals surface area contributed by atoms with Crippen molar-refractivity contribution in [3.63, 3.8) is 0 Å². The molecule has 0 fully saturated rings. The molecular weight excluding hydrogens is 220 g/mol. The Bertz CT molecular complexity index is 395. The number of carbonyl (C=O) groups excluding carboxylic acids is 1. The molecule has 0 saturated carbocycles. The van der Waals surface area contributed by atoms with Gasteiger partial charge >= 0.3 is 0 Å². The minimum absolute atomic E-state index is 0.0642. The highest BCUT2D eigenvalue weighted by Gasteiger charge is 1.97. The molecule has 1 aromatic rings. The van der Waals surface area contributed by atoms with Crippen LogP contribution < -0.4 is 0 Å².